The summed E-state index contributed by atoms with van der Waals surface area (Å²) in [6.45, 7) is 45.1. The topological polar surface area (TPSA) is 615 Å². The zero-order chi connectivity index (χ0) is 106. The average Bonchev–Trinajstić information content (AvgIpc) is 1.66. The number of aromatic amines is 2. The highest BCUT2D eigenvalue weighted by molar-refractivity contribution is 9.09. The predicted octanol–water partition coefficient (Wildman–Crippen LogP) is 12.3. The van der Waals surface area contributed by atoms with Crippen LogP contribution in [0.25, 0.3) is 55.8 Å². The number of anilines is 5. The Morgan fingerprint density at radius 3 is 0.951 bits per heavy atom. The van der Waals surface area contributed by atoms with Gasteiger partial charge in [0.05, 0.1) is 120 Å². The van der Waals surface area contributed by atoms with Gasteiger partial charge < -0.3 is 105 Å². The molecule has 15 heterocycles. The Morgan fingerprint density at radius 2 is 0.694 bits per heavy atom. The fourth-order valence-corrected chi connectivity index (χ4v) is 17.1. The summed E-state index contributed by atoms with van der Waals surface area (Å²) in [5.74, 6) is 9.97. The van der Waals surface area contributed by atoms with Crippen LogP contribution in [0.3, 0.4) is 0 Å². The number of nitrogens with one attached hydrogen (secondary N) is 2. The van der Waals surface area contributed by atoms with Crippen LogP contribution in [0.15, 0.2) is 41.2 Å². The van der Waals surface area contributed by atoms with Gasteiger partial charge in [-0.1, -0.05) is 185 Å². The van der Waals surface area contributed by atoms with Gasteiger partial charge in [0.1, 0.15) is 98.0 Å². The van der Waals surface area contributed by atoms with E-state index in [-0.39, 0.29) is 175 Å². The maximum atomic E-state index is 12.1. The van der Waals surface area contributed by atoms with Crippen molar-refractivity contribution in [2.24, 2.45) is 0 Å². The Labute approximate surface area is 871 Å². The Bertz CT molecular complexity index is 6190. The molecule has 0 aromatic carbocycles. The number of imidazole rings is 5. The number of hydrogen-bond acceptors (Lipinski definition) is 37. The summed E-state index contributed by atoms with van der Waals surface area (Å²) in [5, 5.41) is 56.0. The molecule has 0 saturated carbocycles. The van der Waals surface area contributed by atoms with Crippen LogP contribution in [-0.4, -0.2) is 281 Å². The molecule has 5 aliphatic heterocycles. The highest BCUT2D eigenvalue weighted by atomic mass is 79.9. The van der Waals surface area contributed by atoms with E-state index in [0.29, 0.717) is 107 Å². The number of H-pyrrole nitrogens is 2. The molecule has 5 fully saturated rings. The van der Waals surface area contributed by atoms with E-state index in [1.165, 1.54) is 19.0 Å². The largest absolute Gasteiger partial charge is 0.414 e. The van der Waals surface area contributed by atoms with E-state index in [4.69, 9.17) is 167 Å². The third kappa shape index (κ3) is 32.0. The summed E-state index contributed by atoms with van der Waals surface area (Å²) in [6.07, 6.45) is 24.6. The first-order valence-corrected chi connectivity index (χ1v) is 60.4. The molecule has 5 aliphatic rings. The van der Waals surface area contributed by atoms with Crippen molar-refractivity contribution in [3.05, 3.63) is 67.8 Å². The third-order valence-electron chi connectivity index (χ3n) is 25.4. The molecule has 144 heavy (non-hydrogen) atoms. The van der Waals surface area contributed by atoms with Gasteiger partial charge in [0, 0.05) is 32.1 Å². The van der Waals surface area contributed by atoms with Crippen LogP contribution in [-0.2, 0) is 51.2 Å². The lowest BCUT2D eigenvalue weighted by Gasteiger charge is -2.37. The van der Waals surface area contributed by atoms with E-state index in [2.05, 4.69) is 250 Å². The van der Waals surface area contributed by atoms with Gasteiger partial charge in [-0.2, -0.15) is 56.2 Å². The summed E-state index contributed by atoms with van der Waals surface area (Å²) < 4.78 is 74.4. The van der Waals surface area contributed by atoms with E-state index < -0.39 is 93.3 Å². The van der Waals surface area contributed by atoms with Gasteiger partial charge >= 0.3 is 0 Å². The van der Waals surface area contributed by atoms with Crippen molar-refractivity contribution >= 4 is 180 Å². The van der Waals surface area contributed by atoms with Gasteiger partial charge in [-0.3, -0.25) is 42.4 Å². The first kappa shape index (κ1) is 124. The van der Waals surface area contributed by atoms with Crippen LogP contribution >= 0.6 is 61.8 Å². The molecule has 0 radical (unpaired) electrons. The third-order valence-corrected chi connectivity index (χ3v) is 45.3. The van der Waals surface area contributed by atoms with Crippen molar-refractivity contribution < 1.29 is 76.7 Å². The number of nitrogens with two attached hydrogens (primary N) is 5. The SMILES string of the molecule is C.C.C#CCBr.C#CCOC1C[C@H](n2cnc3c(=O)[nH]c(N)nc32)O[C@@H]1CO.C#CCOC1C[C@H](n2cnc3c(=O)[nH]c(N)nc32)O[C@@H]1CO[Si](C)(C)C(C)(C)C.C#CCOC1C[C@H](n2cnc3c(Cl)nc(N)nc32)O[C@@H]1CO[Si](C)(C)C(C)(C)C.CC(C)(C)[Si](C)(C)Cl.CC(C)(C)[Si](C)(C)OC[C@H]1O[C@@H](n2cnc3c(Cl)nc(N)nc32)CC1O.N#CCCO.Nc1nc(Cl)c2ncn([C@H]3CC(O)[C@@H](CO)O3)c2n1. The molecule has 5 unspecified atom stereocenters. The number of ether oxygens (including phenoxy) is 8. The number of alkyl halides is 1. The number of terminal acetylenes is 4. The Hall–Kier alpha value is -9.05. The lowest BCUT2D eigenvalue weighted by atomic mass is 10.2. The van der Waals surface area contributed by atoms with Crippen LogP contribution in [0, 0.1) is 60.7 Å². The number of rotatable bonds is 23. The zero-order valence-corrected chi connectivity index (χ0v) is 92.1. The minimum absolute atomic E-state index is 0. The van der Waals surface area contributed by atoms with Crippen LogP contribution in [0.4, 0.5) is 29.7 Å². The number of fused-ring (bicyclic) bond motifs is 5. The molecule has 53 heteroatoms. The number of nitrogens with zero attached hydrogens (tertiary/aromatic N) is 19. The molecule has 0 spiro atoms. The van der Waals surface area contributed by atoms with Gasteiger partial charge in [-0.15, -0.1) is 25.7 Å². The minimum Gasteiger partial charge on any atom is -0.414 e. The molecule has 10 aromatic rings. The smallest absolute Gasteiger partial charge is 0.280 e. The molecule has 10 aromatic heterocycles. The standard InChI is InChI=1S/C19H28ClN5O3Si.C19H29N5O4Si.C16H26ClN5O3Si.C13H15N5O4.C10H12ClN5O3.C6H15ClSi.C3H3Br.C3H5NO.2CH4/c1-7-8-26-12-9-14(28-13(12)10-27-29(5,6)19(2,3)4)25-11-22-15-16(20)23-18(21)24-17(15)25;1-7-8-26-12-9-14(28-13(12)10-27-29(5,6)19(2,3)4)24-11-21-15-16(24)22-18(20)23-17(15)25;1-16(2,3)26(4,5)24-7-10-9(23)6-11(25-10)22-8-19-12-13(17)20-15(18)21-14(12)22;1-2-3-21-7-4-9(22-8(7)5-19)18-6-15-10-11(18)16-13(14)17-12(10)20;11-8-7-9(15-10(12)14-8)16(3-13-7)6-1-4(18)5(2-17)19-6;1-6(2,3)8(4,5)7;1-2-3-4;4-2-1-3-5;;/h1,11-14H,8-10H2,2-6H3,(H2,21,23,24);1,11-14H,8-10H2,2-6H3,(H3,20,22,23,25);8-11,23H,6-7H2,1-5H3,(H2,18,20,21);1,6-9,19H,3-5H2,(H3,14,16,17,20);3-6,17-18H,1-2H2,(H2,12,14,15);1-5H3;1H,3H2;5H,1,3H2;2*1H4/t2*12?,13-,14-;9?,10-,11-;7?,8-,9-;4?,5-,6-;;;;;/m11111...../s1. The van der Waals surface area contributed by atoms with Crippen molar-refractivity contribution in [3.8, 4) is 55.4 Å². The Balaban J connectivity index is 0.000000265. The quantitative estimate of drug-likeness (QED) is 0.00930. The fourth-order valence-electron chi connectivity index (χ4n) is 13.4. The fraction of sp³-hybridized carbons (Fsp3) is 0.626. The van der Waals surface area contributed by atoms with Crippen molar-refractivity contribution in [3.63, 3.8) is 0 Å². The lowest BCUT2D eigenvalue weighted by molar-refractivity contribution is -0.0555. The number of hydrogen-bond donors (Lipinski definition) is 12. The maximum absolute atomic E-state index is 12.1. The number of nitrogen functional groups attached to an aromatic ring is 5. The Kier molecular flexibility index (Phi) is 45.7. The van der Waals surface area contributed by atoms with E-state index in [0.717, 1.165) is 0 Å². The molecule has 0 bridgehead atoms. The predicted molar refractivity (Wildman–Crippen MR) is 570 cm³/mol. The first-order valence-electron chi connectivity index (χ1n) is 45.4. The second-order valence-corrected chi connectivity index (χ2v) is 62.9. The molecule has 44 nitrogen and oxygen atoms in total. The molecule has 5 saturated heterocycles. The van der Waals surface area contributed by atoms with Crippen molar-refractivity contribution in [2.75, 3.05) is 93.5 Å². The van der Waals surface area contributed by atoms with Gasteiger partial charge in [-0.25, -0.2) is 24.9 Å². The van der Waals surface area contributed by atoms with E-state index in [1.54, 1.807) is 41.6 Å². The second-order valence-electron chi connectivity index (χ2n) is 39.5. The summed E-state index contributed by atoms with van der Waals surface area (Å²) in [4.78, 5) is 82.0. The number of aliphatic hydroxyl groups is 5. The highest BCUT2D eigenvalue weighted by Gasteiger charge is 2.47. The van der Waals surface area contributed by atoms with Crippen molar-refractivity contribution in [2.45, 2.75) is 301 Å². The van der Waals surface area contributed by atoms with Crippen LogP contribution in [0.5, 0.6) is 0 Å². The molecule has 17 N–H and O–H groups in total. The monoisotopic (exact) mass is 2220 g/mol. The summed E-state index contributed by atoms with van der Waals surface area (Å²) >= 11 is 27.3. The van der Waals surface area contributed by atoms with E-state index in [1.807, 2.05) is 0 Å². The van der Waals surface area contributed by atoms with Crippen molar-refractivity contribution in [1.82, 2.24) is 97.6 Å². The minimum atomic E-state index is -1.95. The van der Waals surface area contributed by atoms with Crippen LogP contribution in [0.2, 0.25) is 88.0 Å². The van der Waals surface area contributed by atoms with Crippen LogP contribution in [0.1, 0.15) is 168 Å². The van der Waals surface area contributed by atoms with Gasteiger partial charge in [0.15, 0.2) is 87.1 Å². The molecule has 15 atom stereocenters. The zero-order valence-electron chi connectivity index (χ0n) is 83.5. The van der Waals surface area contributed by atoms with Gasteiger partial charge in [-0.05, 0) is 59.4 Å². The molecular formula is C91H141BrCl4N26O18Si4. The number of halogens is 5. The molecule has 794 valence electrons. The summed E-state index contributed by atoms with van der Waals surface area (Å²) in [7, 11) is -7.18. The first-order chi connectivity index (χ1) is 66.4. The van der Waals surface area contributed by atoms with Gasteiger partial charge in [0.25, 0.3) is 11.1 Å². The molecule has 0 aliphatic carbocycles. The molecule has 15 rings (SSSR count). The number of aromatic nitrogens is 20. The van der Waals surface area contributed by atoms with Gasteiger partial charge in [0.2, 0.25) is 29.7 Å². The van der Waals surface area contributed by atoms with Crippen molar-refractivity contribution in [1.29, 1.82) is 5.26 Å². The number of aliphatic hydroxyl groups excluding tert-OH is 5. The normalized spacial score (nSPS) is 22.1. The number of nitriles is 1. The average molecular weight is 2220 g/mol. The lowest BCUT2D eigenvalue weighted by Crippen LogP contribution is -2.44. The van der Waals surface area contributed by atoms with E-state index in [9.17, 15) is 24.9 Å². The van der Waals surface area contributed by atoms with Crippen LogP contribution < -0.4 is 39.8 Å². The molecular weight excluding hydrogens is 2080 g/mol. The maximum Gasteiger partial charge on any atom is 0.280 e. The highest BCUT2D eigenvalue weighted by Crippen LogP contribution is 2.45. The summed E-state index contributed by atoms with van der Waals surface area (Å²) in [6, 6.07) is 1.77. The summed E-state index contributed by atoms with van der Waals surface area (Å²) in [5.41, 5.74) is 31.3. The molecule has 0 amide bonds. The Morgan fingerprint density at radius 1 is 0.438 bits per heavy atom. The van der Waals surface area contributed by atoms with E-state index >= 15 is 0 Å². The second kappa shape index (κ2) is 53.2.